The molecule has 1 aromatic carbocycles. The molecule has 0 saturated carbocycles. The molecule has 2 amide bonds. The van der Waals surface area contributed by atoms with Crippen LogP contribution in [0.1, 0.15) is 32.6 Å². The summed E-state index contributed by atoms with van der Waals surface area (Å²) in [5.74, 6) is 0.0916. The number of ether oxygens (including phenoxy) is 1. The number of benzene rings is 1. The van der Waals surface area contributed by atoms with Crippen LogP contribution in [0.4, 0.5) is 0 Å². The van der Waals surface area contributed by atoms with E-state index in [1.54, 1.807) is 47.1 Å². The Bertz CT molecular complexity index is 1270. The number of nitrogens with zero attached hydrogens (tertiary/aromatic N) is 5. The topological polar surface area (TPSA) is 102 Å². The number of hydrogen-bond acceptors (Lipinski definition) is 6. The van der Waals surface area contributed by atoms with Crippen LogP contribution in [0.5, 0.6) is 0 Å². The van der Waals surface area contributed by atoms with Crippen molar-refractivity contribution in [3.63, 3.8) is 0 Å². The second-order valence-electron chi connectivity index (χ2n) is 7.25. The largest absolute Gasteiger partial charge is 0.368 e. The molecule has 3 aromatic heterocycles. The summed E-state index contributed by atoms with van der Waals surface area (Å²) >= 11 is 0. The predicted octanol–water partition coefficient (Wildman–Crippen LogP) is 1.85. The van der Waals surface area contributed by atoms with E-state index in [1.807, 2.05) is 24.3 Å². The Balaban J connectivity index is 1.45. The van der Waals surface area contributed by atoms with Crippen molar-refractivity contribution in [2.45, 2.75) is 6.10 Å². The number of pyridine rings is 1. The Morgan fingerprint density at radius 3 is 2.90 bits per heavy atom. The second-order valence-corrected chi connectivity index (χ2v) is 7.25. The van der Waals surface area contributed by atoms with E-state index in [4.69, 9.17) is 9.72 Å². The summed E-state index contributed by atoms with van der Waals surface area (Å²) in [7, 11) is 1.60. The number of rotatable bonds is 3. The minimum atomic E-state index is -0.444. The molecule has 1 aliphatic heterocycles. The zero-order valence-corrected chi connectivity index (χ0v) is 16.9. The number of carbonyl (C=O) groups is 2. The molecule has 9 nitrogen and oxygen atoms in total. The predicted molar refractivity (Wildman–Crippen MR) is 113 cm³/mol. The summed E-state index contributed by atoms with van der Waals surface area (Å²) in [4.78, 5) is 40.4. The van der Waals surface area contributed by atoms with Gasteiger partial charge >= 0.3 is 0 Å². The number of nitrogens with one attached hydrogen (secondary N) is 1. The lowest BCUT2D eigenvalue weighted by atomic mass is 10.0. The fourth-order valence-corrected chi connectivity index (χ4v) is 3.79. The van der Waals surface area contributed by atoms with Crippen LogP contribution in [0.25, 0.3) is 16.7 Å². The molecule has 0 bridgehead atoms. The zero-order chi connectivity index (χ0) is 21.4. The molecule has 5 rings (SSSR count). The van der Waals surface area contributed by atoms with Gasteiger partial charge in [-0.15, -0.1) is 0 Å². The number of hydrogen-bond donors (Lipinski definition) is 1. The Labute approximate surface area is 177 Å². The van der Waals surface area contributed by atoms with Crippen molar-refractivity contribution in [3.05, 3.63) is 71.9 Å². The number of morpholine rings is 1. The number of amides is 2. The maximum absolute atomic E-state index is 13.1. The SMILES string of the molecule is CNC(=O)c1cc([C@@H]2CN(C(=O)c3cn4cccnc4n3)CCO2)nc2ccccc12. The van der Waals surface area contributed by atoms with Gasteiger partial charge in [0.1, 0.15) is 11.8 Å². The third-order valence-electron chi connectivity index (χ3n) is 5.35. The molecule has 31 heavy (non-hydrogen) atoms. The molecule has 4 heterocycles. The number of aromatic nitrogens is 4. The summed E-state index contributed by atoms with van der Waals surface area (Å²) in [6, 6.07) is 11.0. The first kappa shape index (κ1) is 19.1. The summed E-state index contributed by atoms with van der Waals surface area (Å²) in [5.41, 5.74) is 2.18. The van der Waals surface area contributed by atoms with Gasteiger partial charge in [-0.05, 0) is 18.2 Å². The van der Waals surface area contributed by atoms with Crippen LogP contribution in [-0.4, -0.2) is 62.8 Å². The van der Waals surface area contributed by atoms with Gasteiger partial charge in [-0.3, -0.25) is 14.0 Å². The monoisotopic (exact) mass is 416 g/mol. The number of imidazole rings is 1. The molecule has 1 saturated heterocycles. The van der Waals surface area contributed by atoms with Crippen molar-refractivity contribution < 1.29 is 14.3 Å². The van der Waals surface area contributed by atoms with Crippen molar-refractivity contribution in [2.24, 2.45) is 0 Å². The highest BCUT2D eigenvalue weighted by Gasteiger charge is 2.29. The normalized spacial score (nSPS) is 16.5. The van der Waals surface area contributed by atoms with Gasteiger partial charge < -0.3 is 15.0 Å². The molecule has 0 radical (unpaired) electrons. The lowest BCUT2D eigenvalue weighted by Gasteiger charge is -2.32. The molecule has 0 spiro atoms. The number of fused-ring (bicyclic) bond motifs is 2. The first-order valence-electron chi connectivity index (χ1n) is 9.96. The van der Waals surface area contributed by atoms with Gasteiger partial charge in [-0.2, -0.15) is 0 Å². The van der Waals surface area contributed by atoms with Gasteiger partial charge in [0.15, 0.2) is 0 Å². The van der Waals surface area contributed by atoms with Crippen molar-refractivity contribution in [3.8, 4) is 0 Å². The van der Waals surface area contributed by atoms with Crippen LogP contribution in [-0.2, 0) is 4.74 Å². The van der Waals surface area contributed by atoms with E-state index in [0.717, 1.165) is 5.39 Å². The van der Waals surface area contributed by atoms with Crippen LogP contribution >= 0.6 is 0 Å². The van der Waals surface area contributed by atoms with E-state index in [1.165, 1.54) is 0 Å². The molecule has 4 aromatic rings. The van der Waals surface area contributed by atoms with E-state index in [2.05, 4.69) is 15.3 Å². The molecule has 1 aliphatic rings. The summed E-state index contributed by atoms with van der Waals surface area (Å²) in [6.45, 7) is 1.14. The highest BCUT2D eigenvalue weighted by molar-refractivity contribution is 6.06. The highest BCUT2D eigenvalue weighted by atomic mass is 16.5. The molecule has 0 aliphatic carbocycles. The molecule has 1 atom stereocenters. The maximum atomic E-state index is 13.1. The molecule has 1 N–H and O–H groups in total. The third kappa shape index (κ3) is 3.49. The van der Waals surface area contributed by atoms with Gasteiger partial charge in [0.05, 0.1) is 29.9 Å². The summed E-state index contributed by atoms with van der Waals surface area (Å²) in [5, 5.41) is 3.45. The minimum Gasteiger partial charge on any atom is -0.368 e. The number of carbonyl (C=O) groups excluding carboxylic acids is 2. The Kier molecular flexibility index (Phi) is 4.79. The number of para-hydroxylation sites is 1. The van der Waals surface area contributed by atoms with Crippen molar-refractivity contribution in [1.29, 1.82) is 0 Å². The molecule has 156 valence electrons. The first-order valence-corrected chi connectivity index (χ1v) is 9.96. The molecule has 9 heteroatoms. The lowest BCUT2D eigenvalue weighted by Crippen LogP contribution is -2.42. The van der Waals surface area contributed by atoms with E-state index >= 15 is 0 Å². The van der Waals surface area contributed by atoms with E-state index in [0.29, 0.717) is 47.9 Å². The van der Waals surface area contributed by atoms with E-state index in [9.17, 15) is 9.59 Å². The molecule has 1 fully saturated rings. The quantitative estimate of drug-likeness (QED) is 0.547. The van der Waals surface area contributed by atoms with Crippen LogP contribution in [0.3, 0.4) is 0 Å². The van der Waals surface area contributed by atoms with Crippen molar-refractivity contribution in [2.75, 3.05) is 26.7 Å². The summed E-state index contributed by atoms with van der Waals surface area (Å²) < 4.78 is 7.64. The van der Waals surface area contributed by atoms with E-state index in [-0.39, 0.29) is 11.8 Å². The smallest absolute Gasteiger partial charge is 0.274 e. The third-order valence-corrected chi connectivity index (χ3v) is 5.35. The fourth-order valence-electron chi connectivity index (χ4n) is 3.79. The highest BCUT2D eigenvalue weighted by Crippen LogP contribution is 2.26. The van der Waals surface area contributed by atoms with Crippen LogP contribution in [0.15, 0.2) is 55.0 Å². The summed E-state index contributed by atoms with van der Waals surface area (Å²) in [6.07, 6.45) is 4.66. The second kappa shape index (κ2) is 7.77. The molecular formula is C22H20N6O3. The minimum absolute atomic E-state index is 0.189. The van der Waals surface area contributed by atoms with Gasteiger partial charge in [0, 0.05) is 37.6 Å². The Hall–Kier alpha value is -3.85. The van der Waals surface area contributed by atoms with Crippen molar-refractivity contribution >= 4 is 28.5 Å². The Morgan fingerprint density at radius 2 is 2.06 bits per heavy atom. The van der Waals surface area contributed by atoms with Gasteiger partial charge in [-0.1, -0.05) is 18.2 Å². The lowest BCUT2D eigenvalue weighted by molar-refractivity contribution is -0.0247. The first-order chi connectivity index (χ1) is 15.1. The zero-order valence-electron chi connectivity index (χ0n) is 16.9. The average Bonchev–Trinajstić information content (AvgIpc) is 3.27. The maximum Gasteiger partial charge on any atom is 0.274 e. The van der Waals surface area contributed by atoms with Gasteiger partial charge in [0.2, 0.25) is 5.78 Å². The Morgan fingerprint density at radius 1 is 1.19 bits per heavy atom. The van der Waals surface area contributed by atoms with Crippen LogP contribution < -0.4 is 5.32 Å². The van der Waals surface area contributed by atoms with Gasteiger partial charge in [-0.25, -0.2) is 15.0 Å². The molecular weight excluding hydrogens is 396 g/mol. The van der Waals surface area contributed by atoms with Gasteiger partial charge in [0.25, 0.3) is 11.8 Å². The van der Waals surface area contributed by atoms with E-state index < -0.39 is 6.10 Å². The average molecular weight is 416 g/mol. The molecule has 0 unspecified atom stereocenters. The van der Waals surface area contributed by atoms with Crippen molar-refractivity contribution in [1.82, 2.24) is 29.6 Å². The fraction of sp³-hybridized carbons (Fsp3) is 0.227. The standard InChI is InChI=1S/C22H20N6O3/c1-23-20(29)15-11-17(25-16-6-3-2-5-14(15)16)19-13-27(9-10-31-19)21(30)18-12-28-8-4-7-24-22(28)26-18/h2-8,11-12,19H,9-10,13H2,1H3,(H,23,29)/t19-/m0/s1. The van der Waals surface area contributed by atoms with Crippen LogP contribution in [0.2, 0.25) is 0 Å². The van der Waals surface area contributed by atoms with Crippen LogP contribution in [0, 0.1) is 0 Å².